The number of pyridine rings is 1. The van der Waals surface area contributed by atoms with Crippen molar-refractivity contribution in [2.75, 3.05) is 6.54 Å². The van der Waals surface area contributed by atoms with E-state index in [2.05, 4.69) is 26.2 Å². The molecule has 6 nitrogen and oxygen atoms in total. The standard InChI is InChI=1S/C9H9BrN2O4/c10-5-2-1-3-11-7(5)8(14)12-4-6(13)9(15)16/h1-3,6,13H,4H2,(H,12,14)(H,15,16). The number of carbonyl (C=O) groups excluding carboxylic acids is 1. The predicted octanol–water partition coefficient (Wildman–Crippen LogP) is 0.0194. The Morgan fingerprint density at radius 1 is 1.56 bits per heavy atom. The van der Waals surface area contributed by atoms with Gasteiger partial charge in [0.1, 0.15) is 5.69 Å². The molecule has 0 fully saturated rings. The Bertz CT molecular complexity index is 410. The zero-order chi connectivity index (χ0) is 12.1. The largest absolute Gasteiger partial charge is 0.479 e. The van der Waals surface area contributed by atoms with Gasteiger partial charge in [0.15, 0.2) is 6.10 Å². The second-order valence-electron chi connectivity index (χ2n) is 2.90. The lowest BCUT2D eigenvalue weighted by molar-refractivity contribution is -0.146. The number of halogens is 1. The molecule has 0 radical (unpaired) electrons. The van der Waals surface area contributed by atoms with Gasteiger partial charge in [-0.15, -0.1) is 0 Å². The van der Waals surface area contributed by atoms with Crippen LogP contribution in [0.1, 0.15) is 10.5 Å². The highest BCUT2D eigenvalue weighted by Crippen LogP contribution is 2.12. The summed E-state index contributed by atoms with van der Waals surface area (Å²) in [7, 11) is 0. The van der Waals surface area contributed by atoms with Crippen molar-refractivity contribution in [3.05, 3.63) is 28.5 Å². The molecule has 1 aromatic heterocycles. The lowest BCUT2D eigenvalue weighted by Gasteiger charge is -2.07. The van der Waals surface area contributed by atoms with E-state index in [-0.39, 0.29) is 12.2 Å². The molecule has 86 valence electrons. The number of aliphatic carboxylic acids is 1. The van der Waals surface area contributed by atoms with Crippen molar-refractivity contribution < 1.29 is 19.8 Å². The molecule has 3 N–H and O–H groups in total. The molecule has 1 rings (SSSR count). The summed E-state index contributed by atoms with van der Waals surface area (Å²) in [6, 6.07) is 3.28. The Kier molecular flexibility index (Phi) is 4.39. The van der Waals surface area contributed by atoms with Crippen LogP contribution in [0.5, 0.6) is 0 Å². The predicted molar refractivity (Wildman–Crippen MR) is 57.9 cm³/mol. The summed E-state index contributed by atoms with van der Waals surface area (Å²) >= 11 is 3.13. The molecule has 0 aromatic carbocycles. The number of hydrogen-bond acceptors (Lipinski definition) is 4. The maximum absolute atomic E-state index is 11.5. The molecule has 0 bridgehead atoms. The summed E-state index contributed by atoms with van der Waals surface area (Å²) in [5.74, 6) is -1.94. The van der Waals surface area contributed by atoms with E-state index in [1.54, 1.807) is 12.1 Å². The molecular formula is C9H9BrN2O4. The molecule has 1 heterocycles. The first-order valence-electron chi connectivity index (χ1n) is 4.32. The summed E-state index contributed by atoms with van der Waals surface area (Å²) in [5, 5.41) is 19.6. The van der Waals surface area contributed by atoms with Gasteiger partial charge in [0, 0.05) is 10.7 Å². The van der Waals surface area contributed by atoms with Crippen LogP contribution in [0.25, 0.3) is 0 Å². The number of aliphatic hydroxyl groups excluding tert-OH is 1. The summed E-state index contributed by atoms with van der Waals surface area (Å²) in [4.78, 5) is 25.6. The highest BCUT2D eigenvalue weighted by atomic mass is 79.9. The van der Waals surface area contributed by atoms with Crippen LogP contribution < -0.4 is 5.32 Å². The van der Waals surface area contributed by atoms with Crippen molar-refractivity contribution in [1.82, 2.24) is 10.3 Å². The van der Waals surface area contributed by atoms with Crippen LogP contribution in [0, 0.1) is 0 Å². The van der Waals surface area contributed by atoms with Crippen LogP contribution >= 0.6 is 15.9 Å². The molecule has 0 saturated heterocycles. The fourth-order valence-electron chi connectivity index (χ4n) is 0.913. The summed E-state index contributed by atoms with van der Waals surface area (Å²) < 4.78 is 0.498. The van der Waals surface area contributed by atoms with Gasteiger partial charge in [0.05, 0.1) is 6.54 Å². The Morgan fingerprint density at radius 3 is 2.81 bits per heavy atom. The van der Waals surface area contributed by atoms with Gasteiger partial charge < -0.3 is 15.5 Å². The maximum Gasteiger partial charge on any atom is 0.334 e. The van der Waals surface area contributed by atoms with E-state index >= 15 is 0 Å². The average molecular weight is 289 g/mol. The Balaban J connectivity index is 2.60. The van der Waals surface area contributed by atoms with Crippen molar-refractivity contribution in [2.45, 2.75) is 6.10 Å². The van der Waals surface area contributed by atoms with E-state index in [9.17, 15) is 9.59 Å². The molecule has 0 saturated carbocycles. The minimum Gasteiger partial charge on any atom is -0.479 e. The van der Waals surface area contributed by atoms with Gasteiger partial charge in [0.2, 0.25) is 0 Å². The van der Waals surface area contributed by atoms with Gasteiger partial charge >= 0.3 is 5.97 Å². The van der Waals surface area contributed by atoms with Crippen molar-refractivity contribution >= 4 is 27.8 Å². The highest BCUT2D eigenvalue weighted by molar-refractivity contribution is 9.10. The Labute approximate surface area is 99.4 Å². The molecule has 0 aliphatic carbocycles. The third-order valence-electron chi connectivity index (χ3n) is 1.71. The van der Waals surface area contributed by atoms with Crippen LogP contribution in [0.15, 0.2) is 22.8 Å². The number of carboxylic acids is 1. The first-order valence-corrected chi connectivity index (χ1v) is 5.11. The number of aliphatic hydroxyl groups is 1. The highest BCUT2D eigenvalue weighted by Gasteiger charge is 2.16. The van der Waals surface area contributed by atoms with Crippen LogP contribution in [0.4, 0.5) is 0 Å². The zero-order valence-electron chi connectivity index (χ0n) is 8.05. The first kappa shape index (κ1) is 12.6. The van der Waals surface area contributed by atoms with Gasteiger partial charge in [-0.05, 0) is 28.1 Å². The number of hydrogen-bond donors (Lipinski definition) is 3. The number of nitrogens with one attached hydrogen (secondary N) is 1. The van der Waals surface area contributed by atoms with Gasteiger partial charge in [0.25, 0.3) is 5.91 Å². The summed E-state index contributed by atoms with van der Waals surface area (Å²) in [5.41, 5.74) is 0.139. The monoisotopic (exact) mass is 288 g/mol. The van der Waals surface area contributed by atoms with E-state index in [1.807, 2.05) is 0 Å². The molecule has 1 amide bonds. The van der Waals surface area contributed by atoms with Gasteiger partial charge in [-0.2, -0.15) is 0 Å². The number of nitrogens with zero attached hydrogens (tertiary/aromatic N) is 1. The average Bonchev–Trinajstić information content (AvgIpc) is 2.25. The molecule has 1 unspecified atom stereocenters. The number of rotatable bonds is 4. The van der Waals surface area contributed by atoms with Gasteiger partial charge in [-0.1, -0.05) is 0 Å². The fourth-order valence-corrected chi connectivity index (χ4v) is 1.35. The van der Waals surface area contributed by atoms with Crippen LogP contribution in [-0.2, 0) is 4.79 Å². The van der Waals surface area contributed by atoms with E-state index in [4.69, 9.17) is 10.2 Å². The van der Waals surface area contributed by atoms with Gasteiger partial charge in [-0.3, -0.25) is 4.79 Å². The van der Waals surface area contributed by atoms with Crippen molar-refractivity contribution in [3.63, 3.8) is 0 Å². The molecule has 0 aliphatic heterocycles. The van der Waals surface area contributed by atoms with Crippen LogP contribution in [0.3, 0.4) is 0 Å². The molecular weight excluding hydrogens is 280 g/mol. The first-order chi connectivity index (χ1) is 7.52. The zero-order valence-corrected chi connectivity index (χ0v) is 9.64. The third kappa shape index (κ3) is 3.28. The van der Waals surface area contributed by atoms with E-state index in [0.717, 1.165) is 0 Å². The van der Waals surface area contributed by atoms with E-state index < -0.39 is 18.0 Å². The Morgan fingerprint density at radius 2 is 2.25 bits per heavy atom. The van der Waals surface area contributed by atoms with Crippen LogP contribution in [-0.4, -0.2) is 39.7 Å². The van der Waals surface area contributed by atoms with Gasteiger partial charge in [-0.25, -0.2) is 9.78 Å². The smallest absolute Gasteiger partial charge is 0.334 e. The quantitative estimate of drug-likeness (QED) is 0.725. The topological polar surface area (TPSA) is 99.5 Å². The second kappa shape index (κ2) is 5.57. The molecule has 0 aliphatic rings. The number of aromatic nitrogens is 1. The minimum absolute atomic E-state index is 0.139. The normalized spacial score (nSPS) is 11.9. The van der Waals surface area contributed by atoms with Crippen molar-refractivity contribution in [3.8, 4) is 0 Å². The maximum atomic E-state index is 11.5. The van der Waals surface area contributed by atoms with E-state index in [0.29, 0.717) is 4.47 Å². The fraction of sp³-hybridized carbons (Fsp3) is 0.222. The number of carbonyl (C=O) groups is 2. The number of amides is 1. The second-order valence-corrected chi connectivity index (χ2v) is 3.75. The molecule has 7 heteroatoms. The van der Waals surface area contributed by atoms with Crippen molar-refractivity contribution in [2.24, 2.45) is 0 Å². The molecule has 16 heavy (non-hydrogen) atoms. The Hall–Kier alpha value is -1.47. The summed E-state index contributed by atoms with van der Waals surface area (Å²) in [6.07, 6.45) is -0.181. The third-order valence-corrected chi connectivity index (χ3v) is 2.35. The molecule has 0 spiro atoms. The van der Waals surface area contributed by atoms with Crippen molar-refractivity contribution in [1.29, 1.82) is 0 Å². The SMILES string of the molecule is O=C(NCC(O)C(=O)O)c1ncccc1Br. The van der Waals surface area contributed by atoms with E-state index in [1.165, 1.54) is 6.20 Å². The molecule has 1 atom stereocenters. The number of carboxylic acid groups (broad SMARTS) is 1. The minimum atomic E-state index is -1.62. The molecule has 1 aromatic rings. The van der Waals surface area contributed by atoms with Crippen LogP contribution in [0.2, 0.25) is 0 Å². The lowest BCUT2D eigenvalue weighted by Crippen LogP contribution is -2.36. The summed E-state index contributed by atoms with van der Waals surface area (Å²) in [6.45, 7) is -0.364. The lowest BCUT2D eigenvalue weighted by atomic mass is 10.3.